The maximum atomic E-state index is 13.5. The number of hydrogen-bond donors (Lipinski definition) is 1. The first-order valence-electron chi connectivity index (χ1n) is 6.35. The quantitative estimate of drug-likeness (QED) is 0.892. The normalized spacial score (nSPS) is 12.1. The van der Waals surface area contributed by atoms with Crippen molar-refractivity contribution in [3.63, 3.8) is 0 Å². The minimum absolute atomic E-state index is 0.0179. The van der Waals surface area contributed by atoms with Gasteiger partial charge in [-0.1, -0.05) is 12.1 Å². The van der Waals surface area contributed by atoms with E-state index in [0.717, 1.165) is 17.7 Å². The van der Waals surface area contributed by atoms with Crippen molar-refractivity contribution < 1.29 is 17.7 Å². The molecule has 0 spiro atoms. The van der Waals surface area contributed by atoms with E-state index in [-0.39, 0.29) is 17.3 Å². The van der Waals surface area contributed by atoms with Crippen molar-refractivity contribution in [2.45, 2.75) is 11.4 Å². The Morgan fingerprint density at radius 3 is 2.67 bits per heavy atom. The third kappa shape index (κ3) is 4.34. The molecule has 2 N–H and O–H groups in total. The molecule has 0 radical (unpaired) electrons. The Bertz CT molecular complexity index is 649. The molecule has 0 aliphatic rings. The summed E-state index contributed by atoms with van der Waals surface area (Å²) in [7, 11) is -1.58. The van der Waals surface area contributed by atoms with Crippen molar-refractivity contribution in [2.24, 2.45) is 5.73 Å². The second kappa shape index (κ2) is 7.28. The Labute approximate surface area is 124 Å². The third-order valence-electron chi connectivity index (χ3n) is 2.81. The zero-order valence-corrected chi connectivity index (χ0v) is 12.0. The SMILES string of the molecule is NCc1cccc(OCCS(=O)c2ccc(F)cc2F)c1. The van der Waals surface area contributed by atoms with Gasteiger partial charge in [-0.25, -0.2) is 8.78 Å². The molecule has 0 aromatic heterocycles. The molecule has 0 aliphatic carbocycles. The summed E-state index contributed by atoms with van der Waals surface area (Å²) in [6, 6.07) is 10.2. The van der Waals surface area contributed by atoms with E-state index in [1.54, 1.807) is 12.1 Å². The van der Waals surface area contributed by atoms with Crippen LogP contribution >= 0.6 is 0 Å². The molecule has 0 fully saturated rings. The summed E-state index contributed by atoms with van der Waals surface area (Å²) in [5.41, 5.74) is 6.45. The molecule has 0 saturated carbocycles. The molecule has 112 valence electrons. The van der Waals surface area contributed by atoms with Crippen LogP contribution in [0.25, 0.3) is 0 Å². The molecular formula is C15H15F2NO2S. The maximum absolute atomic E-state index is 13.5. The molecule has 0 amide bonds. The smallest absolute Gasteiger partial charge is 0.142 e. The van der Waals surface area contributed by atoms with Crippen LogP contribution in [0.2, 0.25) is 0 Å². The molecule has 6 heteroatoms. The Kier molecular flexibility index (Phi) is 5.41. The standard InChI is InChI=1S/C15H15F2NO2S/c16-12-4-5-15(14(17)9-12)21(19)7-6-20-13-3-1-2-11(8-13)10-18/h1-5,8-9H,6-7,10,18H2. The van der Waals surface area contributed by atoms with Crippen LogP contribution in [0.4, 0.5) is 8.78 Å². The number of benzene rings is 2. The minimum atomic E-state index is -1.58. The second-order valence-corrected chi connectivity index (χ2v) is 5.86. The molecule has 2 aromatic rings. The van der Waals surface area contributed by atoms with Crippen LogP contribution in [0.15, 0.2) is 47.4 Å². The molecule has 0 bridgehead atoms. The number of rotatable bonds is 6. The van der Waals surface area contributed by atoms with Crippen LogP contribution in [0, 0.1) is 11.6 Å². The van der Waals surface area contributed by atoms with Gasteiger partial charge in [-0.2, -0.15) is 0 Å². The molecule has 0 aliphatic heterocycles. The van der Waals surface area contributed by atoms with Gasteiger partial charge in [0.1, 0.15) is 24.0 Å². The van der Waals surface area contributed by atoms with Gasteiger partial charge in [0.2, 0.25) is 0 Å². The van der Waals surface area contributed by atoms with Crippen LogP contribution in [0.5, 0.6) is 5.75 Å². The van der Waals surface area contributed by atoms with E-state index in [1.165, 1.54) is 6.07 Å². The molecule has 1 unspecified atom stereocenters. The van der Waals surface area contributed by atoms with Gasteiger partial charge in [0, 0.05) is 12.6 Å². The second-order valence-electron chi connectivity index (χ2n) is 4.32. The van der Waals surface area contributed by atoms with E-state index in [1.807, 2.05) is 12.1 Å². The Morgan fingerprint density at radius 1 is 1.14 bits per heavy atom. The van der Waals surface area contributed by atoms with Crippen molar-refractivity contribution in [2.75, 3.05) is 12.4 Å². The Morgan fingerprint density at radius 2 is 1.95 bits per heavy atom. The van der Waals surface area contributed by atoms with Gasteiger partial charge in [-0.15, -0.1) is 0 Å². The predicted octanol–water partition coefficient (Wildman–Crippen LogP) is 2.61. The van der Waals surface area contributed by atoms with E-state index in [9.17, 15) is 13.0 Å². The summed E-state index contributed by atoms with van der Waals surface area (Å²) in [4.78, 5) is -0.0179. The average Bonchev–Trinajstić information content (AvgIpc) is 2.47. The van der Waals surface area contributed by atoms with E-state index >= 15 is 0 Å². The summed E-state index contributed by atoms with van der Waals surface area (Å²) in [5.74, 6) is -0.758. The highest BCUT2D eigenvalue weighted by atomic mass is 32.2. The van der Waals surface area contributed by atoms with E-state index in [4.69, 9.17) is 10.5 Å². The van der Waals surface area contributed by atoms with Crippen molar-refractivity contribution in [1.82, 2.24) is 0 Å². The summed E-state index contributed by atoms with van der Waals surface area (Å²) in [6.07, 6.45) is 0. The predicted molar refractivity (Wildman–Crippen MR) is 77.5 cm³/mol. The van der Waals surface area contributed by atoms with Gasteiger partial charge in [-0.3, -0.25) is 4.21 Å². The van der Waals surface area contributed by atoms with Crippen LogP contribution in [-0.2, 0) is 17.3 Å². The van der Waals surface area contributed by atoms with Crippen LogP contribution in [0.1, 0.15) is 5.56 Å². The minimum Gasteiger partial charge on any atom is -0.493 e. The molecule has 2 rings (SSSR count). The van der Waals surface area contributed by atoms with E-state index in [2.05, 4.69) is 0 Å². The van der Waals surface area contributed by atoms with Gasteiger partial charge in [0.25, 0.3) is 0 Å². The number of nitrogens with two attached hydrogens (primary N) is 1. The van der Waals surface area contributed by atoms with Crippen LogP contribution in [-0.4, -0.2) is 16.6 Å². The van der Waals surface area contributed by atoms with Crippen LogP contribution in [0.3, 0.4) is 0 Å². The van der Waals surface area contributed by atoms with E-state index in [0.29, 0.717) is 12.3 Å². The number of hydrogen-bond acceptors (Lipinski definition) is 3. The topological polar surface area (TPSA) is 52.3 Å². The fourth-order valence-corrected chi connectivity index (χ4v) is 2.72. The summed E-state index contributed by atoms with van der Waals surface area (Å²) < 4.78 is 43.6. The van der Waals surface area contributed by atoms with Crippen molar-refractivity contribution >= 4 is 10.8 Å². The van der Waals surface area contributed by atoms with Gasteiger partial charge in [0.15, 0.2) is 0 Å². The highest BCUT2D eigenvalue weighted by molar-refractivity contribution is 7.85. The molecule has 0 saturated heterocycles. The first kappa shape index (κ1) is 15.6. The molecule has 21 heavy (non-hydrogen) atoms. The van der Waals surface area contributed by atoms with Crippen molar-refractivity contribution in [3.8, 4) is 5.75 Å². The summed E-state index contributed by atoms with van der Waals surface area (Å²) in [5, 5.41) is 0. The molecule has 2 aromatic carbocycles. The first-order chi connectivity index (χ1) is 10.1. The Hall–Kier alpha value is -1.79. The highest BCUT2D eigenvalue weighted by Crippen LogP contribution is 2.15. The monoisotopic (exact) mass is 311 g/mol. The van der Waals surface area contributed by atoms with Gasteiger partial charge < -0.3 is 10.5 Å². The Balaban J connectivity index is 1.92. The fraction of sp³-hybridized carbons (Fsp3) is 0.200. The number of halogens is 2. The molecule has 0 heterocycles. The lowest BCUT2D eigenvalue weighted by Gasteiger charge is -2.08. The maximum Gasteiger partial charge on any atom is 0.142 e. The zero-order chi connectivity index (χ0) is 15.2. The summed E-state index contributed by atoms with van der Waals surface area (Å²) >= 11 is 0. The van der Waals surface area contributed by atoms with Crippen LogP contribution < -0.4 is 10.5 Å². The average molecular weight is 311 g/mol. The van der Waals surface area contributed by atoms with Gasteiger partial charge >= 0.3 is 0 Å². The lowest BCUT2D eigenvalue weighted by atomic mass is 10.2. The fourth-order valence-electron chi connectivity index (χ4n) is 1.77. The lowest BCUT2D eigenvalue weighted by Crippen LogP contribution is -2.10. The molecule has 3 nitrogen and oxygen atoms in total. The molecule has 1 atom stereocenters. The van der Waals surface area contributed by atoms with E-state index < -0.39 is 22.4 Å². The van der Waals surface area contributed by atoms with Gasteiger partial charge in [-0.05, 0) is 29.8 Å². The molecular weight excluding hydrogens is 296 g/mol. The lowest BCUT2D eigenvalue weighted by molar-refractivity contribution is 0.342. The largest absolute Gasteiger partial charge is 0.493 e. The third-order valence-corrected chi connectivity index (χ3v) is 4.17. The van der Waals surface area contributed by atoms with Gasteiger partial charge in [0.05, 0.1) is 21.4 Å². The van der Waals surface area contributed by atoms with Crippen molar-refractivity contribution in [1.29, 1.82) is 0 Å². The first-order valence-corrected chi connectivity index (χ1v) is 7.67. The summed E-state index contributed by atoms with van der Waals surface area (Å²) in [6.45, 7) is 0.571. The zero-order valence-electron chi connectivity index (χ0n) is 11.2. The van der Waals surface area contributed by atoms with Crippen molar-refractivity contribution in [3.05, 3.63) is 59.7 Å². The number of ether oxygens (including phenoxy) is 1. The highest BCUT2D eigenvalue weighted by Gasteiger charge is 2.11.